The molecule has 1 saturated heterocycles. The number of nitrogens with zero attached hydrogens (tertiary/aromatic N) is 2. The third-order valence-corrected chi connectivity index (χ3v) is 2.16. The molecule has 0 atom stereocenters. The minimum Gasteiger partial charge on any atom is -0.343 e. The maximum atomic E-state index is 11.4. The van der Waals surface area contributed by atoms with Gasteiger partial charge in [0, 0.05) is 25.4 Å². The molecule has 0 aromatic carbocycles. The minimum absolute atomic E-state index is 0.140. The smallest absolute Gasteiger partial charge is 0.274 e. The normalized spacial score (nSPS) is 15.8. The quantitative estimate of drug-likeness (QED) is 0.566. The van der Waals surface area contributed by atoms with Gasteiger partial charge in [-0.1, -0.05) is 6.82 Å². The van der Waals surface area contributed by atoms with Gasteiger partial charge in [0.1, 0.15) is 0 Å². The molecule has 1 amide bonds. The topological polar surface area (TPSA) is 44.1 Å². The Morgan fingerprint density at radius 3 is 2.67 bits per heavy atom. The van der Waals surface area contributed by atoms with Crippen LogP contribution in [0.5, 0.6) is 0 Å². The van der Waals surface area contributed by atoms with Gasteiger partial charge in [-0.25, -0.2) is 5.26 Å². The predicted molar refractivity (Wildman–Crippen MR) is 47.9 cm³/mol. The average molecular weight is 164 g/mol. The van der Waals surface area contributed by atoms with Crippen LogP contribution in [-0.4, -0.2) is 30.6 Å². The monoisotopic (exact) mass is 164 g/mol. The first-order chi connectivity index (χ1) is 5.74. The van der Waals surface area contributed by atoms with Crippen LogP contribution in [0.1, 0.15) is 12.8 Å². The van der Waals surface area contributed by atoms with Crippen molar-refractivity contribution in [2.75, 3.05) is 13.1 Å². The van der Waals surface area contributed by atoms with Crippen molar-refractivity contribution < 1.29 is 4.79 Å². The molecule has 1 fully saturated rings. The summed E-state index contributed by atoms with van der Waals surface area (Å²) >= 11 is 0. The van der Waals surface area contributed by atoms with Crippen molar-refractivity contribution in [2.24, 2.45) is 0 Å². The third-order valence-electron chi connectivity index (χ3n) is 2.16. The Labute approximate surface area is 73.4 Å². The molecule has 64 valence electrons. The number of hydrogen-bond acceptors (Lipinski definition) is 2. The van der Waals surface area contributed by atoms with Crippen LogP contribution < -0.4 is 0 Å². The molecule has 0 bridgehead atoms. The first kappa shape index (κ1) is 9.12. The molecule has 0 N–H and O–H groups in total. The van der Waals surface area contributed by atoms with Crippen LogP contribution >= 0.6 is 0 Å². The zero-order valence-corrected chi connectivity index (χ0v) is 7.42. The zero-order valence-electron chi connectivity index (χ0n) is 7.42. The Hall–Kier alpha value is -0.975. The van der Waals surface area contributed by atoms with E-state index in [1.807, 2.05) is 4.90 Å². The van der Waals surface area contributed by atoms with Gasteiger partial charge < -0.3 is 4.90 Å². The number of amides is 1. The lowest BCUT2D eigenvalue weighted by molar-refractivity contribution is -0.127. The molecule has 0 radical (unpaired) electrons. The third kappa shape index (κ3) is 2.26. The fraction of sp³-hybridized carbons (Fsp3) is 0.750. The summed E-state index contributed by atoms with van der Waals surface area (Å²) in [6.07, 6.45) is 2.62. The molecule has 0 aliphatic carbocycles. The lowest BCUT2D eigenvalue weighted by atomic mass is 9.51. The highest BCUT2D eigenvalue weighted by Crippen LogP contribution is 2.09. The first-order valence-corrected chi connectivity index (χ1v) is 4.41. The van der Waals surface area contributed by atoms with E-state index in [9.17, 15) is 4.79 Å². The summed E-state index contributed by atoms with van der Waals surface area (Å²) < 4.78 is 0. The number of carbonyl (C=O) groups is 1. The second-order valence-corrected chi connectivity index (χ2v) is 3.32. The first-order valence-electron chi connectivity index (χ1n) is 4.41. The number of rotatable bonds is 2. The van der Waals surface area contributed by atoms with E-state index in [4.69, 9.17) is 5.26 Å². The van der Waals surface area contributed by atoms with Gasteiger partial charge in [0.05, 0.1) is 0 Å². The number of nitriles is 1. The Morgan fingerprint density at radius 1 is 1.58 bits per heavy atom. The number of hydrogen-bond donors (Lipinski definition) is 0. The fourth-order valence-electron chi connectivity index (χ4n) is 1.40. The number of likely N-dealkylation sites (tertiary alicyclic amines) is 1. The summed E-state index contributed by atoms with van der Waals surface area (Å²) in [6, 6.07) is 0. The summed E-state index contributed by atoms with van der Waals surface area (Å²) in [6.45, 7) is 3.42. The van der Waals surface area contributed by atoms with Crippen molar-refractivity contribution in [1.82, 2.24) is 4.90 Å². The van der Waals surface area contributed by atoms with Gasteiger partial charge in [-0.15, -0.1) is 0 Å². The molecule has 0 unspecified atom stereocenters. The molecule has 0 aromatic heterocycles. The molecule has 1 heterocycles. The van der Waals surface area contributed by atoms with E-state index in [1.54, 1.807) is 6.82 Å². The summed E-state index contributed by atoms with van der Waals surface area (Å²) in [5.41, 5.74) is 0. The lowest BCUT2D eigenvalue weighted by Crippen LogP contribution is -2.30. The fourth-order valence-corrected chi connectivity index (χ4v) is 1.40. The van der Waals surface area contributed by atoms with E-state index >= 15 is 0 Å². The van der Waals surface area contributed by atoms with Gasteiger partial charge >= 0.3 is 0 Å². The lowest BCUT2D eigenvalue weighted by Gasteiger charge is -2.14. The van der Waals surface area contributed by atoms with Crippen LogP contribution in [0.2, 0.25) is 13.1 Å². The van der Waals surface area contributed by atoms with Gasteiger partial charge in [-0.3, -0.25) is 4.79 Å². The SMILES string of the molecule is CB(C#N)CC(=O)N1CCCC1. The van der Waals surface area contributed by atoms with E-state index in [0.717, 1.165) is 25.9 Å². The van der Waals surface area contributed by atoms with Gasteiger partial charge in [-0.05, 0) is 12.8 Å². The Balaban J connectivity index is 2.33. The largest absolute Gasteiger partial charge is 0.343 e. The standard InChI is InChI=1S/C8H13BN2O/c1-9(7-10)6-8(12)11-4-2-3-5-11/h2-6H2,1H3. The molecule has 3 nitrogen and oxygen atoms in total. The average Bonchev–Trinajstić information content (AvgIpc) is 2.56. The second kappa shape index (κ2) is 4.15. The van der Waals surface area contributed by atoms with Crippen molar-refractivity contribution in [3.8, 4) is 5.97 Å². The Bertz CT molecular complexity index is 206. The van der Waals surface area contributed by atoms with Crippen LogP contribution in [0.4, 0.5) is 0 Å². The van der Waals surface area contributed by atoms with E-state index in [-0.39, 0.29) is 12.6 Å². The van der Waals surface area contributed by atoms with Gasteiger partial charge in [-0.2, -0.15) is 0 Å². The summed E-state index contributed by atoms with van der Waals surface area (Å²) in [5, 5.41) is 8.51. The van der Waals surface area contributed by atoms with Gasteiger partial charge in [0.25, 0.3) is 6.71 Å². The molecular formula is C8H13BN2O. The van der Waals surface area contributed by atoms with Gasteiger partial charge in [0.2, 0.25) is 5.91 Å². The van der Waals surface area contributed by atoms with Crippen molar-refractivity contribution in [2.45, 2.75) is 26.0 Å². The number of carbonyl (C=O) groups excluding carboxylic acids is 1. The molecule has 0 spiro atoms. The molecule has 1 aliphatic heterocycles. The highest BCUT2D eigenvalue weighted by molar-refractivity contribution is 6.68. The zero-order chi connectivity index (χ0) is 8.97. The maximum Gasteiger partial charge on any atom is 0.274 e. The van der Waals surface area contributed by atoms with Crippen LogP contribution in [-0.2, 0) is 4.79 Å². The molecular weight excluding hydrogens is 151 g/mol. The summed E-state index contributed by atoms with van der Waals surface area (Å²) in [7, 11) is 0. The molecule has 12 heavy (non-hydrogen) atoms. The van der Waals surface area contributed by atoms with Crippen LogP contribution in [0.3, 0.4) is 0 Å². The molecule has 4 heteroatoms. The maximum absolute atomic E-state index is 11.4. The molecule has 1 rings (SSSR count). The van der Waals surface area contributed by atoms with Crippen LogP contribution in [0.15, 0.2) is 0 Å². The molecule has 1 aliphatic rings. The summed E-state index contributed by atoms with van der Waals surface area (Å²) in [4.78, 5) is 13.2. The van der Waals surface area contributed by atoms with Crippen molar-refractivity contribution in [1.29, 1.82) is 5.26 Å². The van der Waals surface area contributed by atoms with Crippen molar-refractivity contribution in [3.63, 3.8) is 0 Å². The van der Waals surface area contributed by atoms with E-state index in [0.29, 0.717) is 6.32 Å². The molecule has 0 aromatic rings. The highest BCUT2D eigenvalue weighted by Gasteiger charge is 2.20. The minimum atomic E-state index is -0.141. The van der Waals surface area contributed by atoms with Crippen LogP contribution in [0, 0.1) is 11.2 Å². The highest BCUT2D eigenvalue weighted by atomic mass is 16.2. The second-order valence-electron chi connectivity index (χ2n) is 3.32. The van der Waals surface area contributed by atoms with Gasteiger partial charge in [0.15, 0.2) is 0 Å². The Morgan fingerprint density at radius 2 is 2.17 bits per heavy atom. The van der Waals surface area contributed by atoms with E-state index < -0.39 is 0 Å². The predicted octanol–water partition coefficient (Wildman–Crippen LogP) is 0.796. The van der Waals surface area contributed by atoms with E-state index in [1.165, 1.54) is 0 Å². The van der Waals surface area contributed by atoms with Crippen molar-refractivity contribution >= 4 is 12.6 Å². The van der Waals surface area contributed by atoms with Crippen molar-refractivity contribution in [3.05, 3.63) is 0 Å². The molecule has 0 saturated carbocycles. The summed E-state index contributed by atoms with van der Waals surface area (Å²) in [5.74, 6) is 2.21. The van der Waals surface area contributed by atoms with E-state index in [2.05, 4.69) is 5.97 Å². The Kier molecular flexibility index (Phi) is 3.15. The van der Waals surface area contributed by atoms with Crippen LogP contribution in [0.25, 0.3) is 0 Å².